The van der Waals surface area contributed by atoms with Gasteiger partial charge in [0.15, 0.2) is 0 Å². The lowest BCUT2D eigenvalue weighted by Gasteiger charge is -2.31. The van der Waals surface area contributed by atoms with Crippen molar-refractivity contribution in [2.24, 2.45) is 11.8 Å². The molecule has 1 aliphatic carbocycles. The van der Waals surface area contributed by atoms with E-state index in [1.54, 1.807) is 0 Å². The predicted octanol–water partition coefficient (Wildman–Crippen LogP) is 3.79. The molecule has 0 saturated heterocycles. The highest BCUT2D eigenvalue weighted by Crippen LogP contribution is 2.31. The second kappa shape index (κ2) is 5.85. The minimum atomic E-state index is -0.853. The predicted molar refractivity (Wildman–Crippen MR) is 72.0 cm³/mol. The molecule has 1 fully saturated rings. The highest BCUT2D eigenvalue weighted by atomic mass is 32.1. The van der Waals surface area contributed by atoms with Gasteiger partial charge in [0.1, 0.15) is 4.88 Å². The van der Waals surface area contributed by atoms with Crippen molar-refractivity contribution in [3.8, 4) is 0 Å². The molecule has 0 aromatic carbocycles. The molecule has 0 radical (unpaired) electrons. The molecule has 1 saturated carbocycles. The maximum absolute atomic E-state index is 11.0. The van der Waals surface area contributed by atoms with Crippen LogP contribution in [-0.4, -0.2) is 17.2 Å². The van der Waals surface area contributed by atoms with Gasteiger partial charge in [-0.15, -0.1) is 11.3 Å². The van der Waals surface area contributed by atoms with E-state index >= 15 is 0 Å². The molecule has 2 atom stereocenters. The van der Waals surface area contributed by atoms with Gasteiger partial charge in [-0.05, 0) is 42.5 Å². The Morgan fingerprint density at radius 1 is 1.39 bits per heavy atom. The standard InChI is InChI=1S/C14H20O3S/c1-9-5-10(2)7-12(6-9)17-8-11-3-4-18-13(11)14(15)16/h3-4,9-10,12H,5-8H2,1-2H3,(H,15,16). The minimum Gasteiger partial charge on any atom is -0.477 e. The molecule has 1 aromatic rings. The Balaban J connectivity index is 1.91. The molecule has 3 nitrogen and oxygen atoms in total. The van der Waals surface area contributed by atoms with Gasteiger partial charge in [0, 0.05) is 5.56 Å². The van der Waals surface area contributed by atoms with Gasteiger partial charge in [-0.2, -0.15) is 0 Å². The lowest BCUT2D eigenvalue weighted by molar-refractivity contribution is -0.00940. The topological polar surface area (TPSA) is 46.5 Å². The van der Waals surface area contributed by atoms with E-state index in [1.807, 2.05) is 11.4 Å². The van der Waals surface area contributed by atoms with Crippen molar-refractivity contribution in [1.82, 2.24) is 0 Å². The zero-order chi connectivity index (χ0) is 13.1. The fraction of sp³-hybridized carbons (Fsp3) is 0.643. The van der Waals surface area contributed by atoms with Crippen molar-refractivity contribution in [3.05, 3.63) is 21.9 Å². The number of hydrogen-bond acceptors (Lipinski definition) is 3. The summed E-state index contributed by atoms with van der Waals surface area (Å²) in [4.78, 5) is 11.4. The van der Waals surface area contributed by atoms with Crippen LogP contribution in [0.5, 0.6) is 0 Å². The summed E-state index contributed by atoms with van der Waals surface area (Å²) in [5.41, 5.74) is 0.804. The van der Waals surface area contributed by atoms with Gasteiger partial charge in [0.05, 0.1) is 12.7 Å². The molecule has 1 aromatic heterocycles. The first-order valence-corrected chi connectivity index (χ1v) is 7.35. The minimum absolute atomic E-state index is 0.283. The molecule has 1 aliphatic rings. The van der Waals surface area contributed by atoms with Crippen LogP contribution in [0.25, 0.3) is 0 Å². The molecule has 0 bridgehead atoms. The number of hydrogen-bond donors (Lipinski definition) is 1. The molecule has 1 N–H and O–H groups in total. The zero-order valence-corrected chi connectivity index (χ0v) is 11.7. The SMILES string of the molecule is CC1CC(C)CC(OCc2ccsc2C(=O)O)C1. The van der Waals surface area contributed by atoms with Crippen molar-refractivity contribution >= 4 is 17.3 Å². The number of carboxylic acid groups (broad SMARTS) is 1. The first-order chi connectivity index (χ1) is 8.56. The number of rotatable bonds is 4. The Labute approximate surface area is 112 Å². The van der Waals surface area contributed by atoms with Crippen LogP contribution in [0.1, 0.15) is 48.3 Å². The van der Waals surface area contributed by atoms with Gasteiger partial charge in [-0.1, -0.05) is 13.8 Å². The number of carbonyl (C=O) groups is 1. The maximum atomic E-state index is 11.0. The summed E-state index contributed by atoms with van der Waals surface area (Å²) in [5, 5.41) is 10.8. The van der Waals surface area contributed by atoms with Gasteiger partial charge in [0.25, 0.3) is 0 Å². The highest BCUT2D eigenvalue weighted by Gasteiger charge is 2.24. The molecular weight excluding hydrogens is 248 g/mol. The second-order valence-electron chi connectivity index (χ2n) is 5.43. The third kappa shape index (κ3) is 3.33. The summed E-state index contributed by atoms with van der Waals surface area (Å²) in [7, 11) is 0. The van der Waals surface area contributed by atoms with E-state index in [1.165, 1.54) is 17.8 Å². The van der Waals surface area contributed by atoms with E-state index in [-0.39, 0.29) is 6.10 Å². The molecule has 2 rings (SSSR count). The van der Waals surface area contributed by atoms with Crippen molar-refractivity contribution in [2.45, 2.75) is 45.8 Å². The van der Waals surface area contributed by atoms with Crippen LogP contribution >= 0.6 is 11.3 Å². The van der Waals surface area contributed by atoms with Crippen LogP contribution in [0.4, 0.5) is 0 Å². The molecule has 18 heavy (non-hydrogen) atoms. The summed E-state index contributed by atoms with van der Waals surface area (Å²) in [6, 6.07) is 1.85. The Kier molecular flexibility index (Phi) is 4.40. The first kappa shape index (κ1) is 13.6. The lowest BCUT2D eigenvalue weighted by Crippen LogP contribution is -2.26. The Bertz CT molecular complexity index is 403. The van der Waals surface area contributed by atoms with Crippen LogP contribution < -0.4 is 0 Å². The van der Waals surface area contributed by atoms with Gasteiger partial charge in [0.2, 0.25) is 0 Å². The zero-order valence-electron chi connectivity index (χ0n) is 10.9. The number of ether oxygens (including phenoxy) is 1. The summed E-state index contributed by atoms with van der Waals surface area (Å²) >= 11 is 1.27. The Morgan fingerprint density at radius 3 is 2.67 bits per heavy atom. The summed E-state index contributed by atoms with van der Waals surface area (Å²) in [6.45, 7) is 4.95. The Morgan fingerprint density at radius 2 is 2.06 bits per heavy atom. The molecular formula is C14H20O3S. The van der Waals surface area contributed by atoms with Crippen LogP contribution in [0, 0.1) is 11.8 Å². The van der Waals surface area contributed by atoms with E-state index in [9.17, 15) is 4.79 Å². The smallest absolute Gasteiger partial charge is 0.346 e. The van der Waals surface area contributed by atoms with Crippen molar-refractivity contribution in [2.75, 3.05) is 0 Å². The molecule has 100 valence electrons. The summed E-state index contributed by atoms with van der Waals surface area (Å²) in [6.07, 6.45) is 3.75. The first-order valence-electron chi connectivity index (χ1n) is 6.47. The van der Waals surface area contributed by atoms with E-state index in [0.717, 1.165) is 18.4 Å². The van der Waals surface area contributed by atoms with Crippen molar-refractivity contribution in [3.63, 3.8) is 0 Å². The Hall–Kier alpha value is -0.870. The highest BCUT2D eigenvalue weighted by molar-refractivity contribution is 7.12. The summed E-state index contributed by atoms with van der Waals surface area (Å²) in [5.74, 6) is 0.564. The van der Waals surface area contributed by atoms with Crippen LogP contribution in [0.15, 0.2) is 11.4 Å². The number of thiophene rings is 1. The molecule has 0 aliphatic heterocycles. The van der Waals surface area contributed by atoms with Crippen LogP contribution in [0.3, 0.4) is 0 Å². The maximum Gasteiger partial charge on any atom is 0.346 e. The third-order valence-corrected chi connectivity index (χ3v) is 4.50. The summed E-state index contributed by atoms with van der Waals surface area (Å²) < 4.78 is 5.90. The van der Waals surface area contributed by atoms with E-state index in [4.69, 9.17) is 9.84 Å². The van der Waals surface area contributed by atoms with Crippen LogP contribution in [0.2, 0.25) is 0 Å². The average Bonchev–Trinajstić information content (AvgIpc) is 2.73. The van der Waals surface area contributed by atoms with Crippen molar-refractivity contribution in [1.29, 1.82) is 0 Å². The number of carboxylic acids is 1. The quantitative estimate of drug-likeness (QED) is 0.903. The van der Waals surface area contributed by atoms with Gasteiger partial charge >= 0.3 is 5.97 Å². The fourth-order valence-electron chi connectivity index (χ4n) is 2.85. The van der Waals surface area contributed by atoms with Crippen LogP contribution in [-0.2, 0) is 11.3 Å². The third-order valence-electron chi connectivity index (χ3n) is 3.55. The van der Waals surface area contributed by atoms with E-state index in [0.29, 0.717) is 23.3 Å². The van der Waals surface area contributed by atoms with E-state index < -0.39 is 5.97 Å². The number of aromatic carboxylic acids is 1. The molecule has 2 unspecified atom stereocenters. The molecule has 1 heterocycles. The normalized spacial score (nSPS) is 28.2. The van der Waals surface area contributed by atoms with Crippen molar-refractivity contribution < 1.29 is 14.6 Å². The van der Waals surface area contributed by atoms with Gasteiger partial charge in [-0.3, -0.25) is 0 Å². The molecule has 0 amide bonds. The van der Waals surface area contributed by atoms with Gasteiger partial charge in [-0.25, -0.2) is 4.79 Å². The largest absolute Gasteiger partial charge is 0.477 e. The average molecular weight is 268 g/mol. The lowest BCUT2D eigenvalue weighted by atomic mass is 9.82. The molecule has 0 spiro atoms. The van der Waals surface area contributed by atoms with E-state index in [2.05, 4.69) is 13.8 Å². The van der Waals surface area contributed by atoms with Gasteiger partial charge < -0.3 is 9.84 Å². The second-order valence-corrected chi connectivity index (χ2v) is 6.35. The monoisotopic (exact) mass is 268 g/mol. The fourth-order valence-corrected chi connectivity index (χ4v) is 3.60. The molecule has 4 heteroatoms.